The zero-order valence-corrected chi connectivity index (χ0v) is 14.5. The first kappa shape index (κ1) is 18.2. The minimum atomic E-state index is -0.783. The molecule has 0 bridgehead atoms. The summed E-state index contributed by atoms with van der Waals surface area (Å²) < 4.78 is 0. The van der Waals surface area contributed by atoms with Crippen molar-refractivity contribution in [3.63, 3.8) is 0 Å². The van der Waals surface area contributed by atoms with E-state index >= 15 is 0 Å². The largest absolute Gasteiger partial charge is 0.389 e. The average Bonchev–Trinajstić information content (AvgIpc) is 2.55. The first-order valence-electron chi connectivity index (χ1n) is 8.36. The van der Waals surface area contributed by atoms with E-state index in [0.717, 1.165) is 31.6 Å². The summed E-state index contributed by atoms with van der Waals surface area (Å²) in [4.78, 5) is 13.5. The summed E-state index contributed by atoms with van der Waals surface area (Å²) in [6.07, 6.45) is 2.35. The van der Waals surface area contributed by atoms with Crippen LogP contribution in [0.3, 0.4) is 0 Å². The van der Waals surface area contributed by atoms with Crippen LogP contribution in [-0.4, -0.2) is 41.1 Å². The molecular formula is C18H27ClN2O2. The lowest BCUT2D eigenvalue weighted by molar-refractivity contribution is -0.124. The zero-order chi connectivity index (χ0) is 16.9. The molecule has 1 aromatic rings. The van der Waals surface area contributed by atoms with Crippen LogP contribution in [0.2, 0.25) is 0 Å². The predicted octanol–water partition coefficient (Wildman–Crippen LogP) is 2.70. The average molecular weight is 339 g/mol. The number of aliphatic hydroxyl groups is 1. The number of rotatable bonds is 7. The summed E-state index contributed by atoms with van der Waals surface area (Å²) in [5.41, 5.74) is 5.65. The quantitative estimate of drug-likeness (QED) is 0.751. The molecule has 128 valence electrons. The van der Waals surface area contributed by atoms with Gasteiger partial charge in [0, 0.05) is 26.1 Å². The second kappa shape index (κ2) is 8.13. The Balaban J connectivity index is 1.89. The number of primary amides is 1. The van der Waals surface area contributed by atoms with Gasteiger partial charge in [-0.1, -0.05) is 43.7 Å². The van der Waals surface area contributed by atoms with E-state index in [0.29, 0.717) is 12.8 Å². The molecule has 4 nitrogen and oxygen atoms in total. The van der Waals surface area contributed by atoms with E-state index in [4.69, 9.17) is 17.3 Å². The topological polar surface area (TPSA) is 66.6 Å². The van der Waals surface area contributed by atoms with Gasteiger partial charge in [0.1, 0.15) is 0 Å². The summed E-state index contributed by atoms with van der Waals surface area (Å²) in [5.74, 6) is -0.388. The van der Waals surface area contributed by atoms with Gasteiger partial charge in [0.2, 0.25) is 5.91 Å². The highest BCUT2D eigenvalue weighted by atomic mass is 35.5. The number of likely N-dealkylation sites (tertiary alicyclic amines) is 1. The molecule has 1 aliphatic rings. The van der Waals surface area contributed by atoms with E-state index < -0.39 is 5.60 Å². The molecule has 1 fully saturated rings. The van der Waals surface area contributed by atoms with Crippen LogP contribution in [0.15, 0.2) is 30.3 Å². The van der Waals surface area contributed by atoms with E-state index in [1.54, 1.807) is 0 Å². The highest BCUT2D eigenvalue weighted by molar-refractivity contribution is 6.21. The first-order valence-corrected chi connectivity index (χ1v) is 8.80. The Labute approximate surface area is 143 Å². The van der Waals surface area contributed by atoms with Gasteiger partial charge in [-0.15, -0.1) is 11.6 Å². The number of halogens is 1. The third-order valence-corrected chi connectivity index (χ3v) is 5.39. The molecule has 0 aliphatic carbocycles. The van der Waals surface area contributed by atoms with E-state index in [1.807, 2.05) is 37.3 Å². The number of nitrogens with two attached hydrogens (primary N) is 1. The van der Waals surface area contributed by atoms with Gasteiger partial charge in [0.25, 0.3) is 0 Å². The van der Waals surface area contributed by atoms with Crippen LogP contribution in [0.25, 0.3) is 0 Å². The molecule has 3 N–H and O–H groups in total. The number of benzene rings is 1. The van der Waals surface area contributed by atoms with Gasteiger partial charge in [-0.3, -0.25) is 4.79 Å². The molecule has 0 saturated carbocycles. The van der Waals surface area contributed by atoms with Crippen molar-refractivity contribution < 1.29 is 9.90 Å². The number of nitrogens with zero attached hydrogens (tertiary/aromatic N) is 1. The Morgan fingerprint density at radius 1 is 1.35 bits per heavy atom. The smallest absolute Gasteiger partial charge is 0.217 e. The third-order valence-electron chi connectivity index (χ3n) is 5.00. The maximum atomic E-state index is 11.2. The molecule has 1 saturated heterocycles. The van der Waals surface area contributed by atoms with Crippen molar-refractivity contribution in [3.05, 3.63) is 35.9 Å². The second-order valence-electron chi connectivity index (χ2n) is 6.56. The molecule has 1 heterocycles. The molecule has 0 aromatic heterocycles. The second-order valence-corrected chi connectivity index (χ2v) is 7.08. The third kappa shape index (κ3) is 4.93. The Hall–Kier alpha value is -1.10. The molecule has 1 aliphatic heterocycles. The van der Waals surface area contributed by atoms with Crippen LogP contribution < -0.4 is 5.73 Å². The van der Waals surface area contributed by atoms with E-state index in [9.17, 15) is 9.90 Å². The number of carbonyl (C=O) groups excluding carboxylic acids is 1. The number of amides is 1. The normalized spacial score (nSPS) is 20.8. The minimum absolute atomic E-state index is 0.0463. The van der Waals surface area contributed by atoms with Crippen LogP contribution >= 0.6 is 11.6 Å². The highest BCUT2D eigenvalue weighted by Gasteiger charge is 2.39. The molecule has 0 radical (unpaired) electrons. The van der Waals surface area contributed by atoms with Gasteiger partial charge in [-0.25, -0.2) is 0 Å². The number of carbonyl (C=O) groups is 1. The van der Waals surface area contributed by atoms with Crippen molar-refractivity contribution in [1.82, 2.24) is 4.90 Å². The summed E-state index contributed by atoms with van der Waals surface area (Å²) in [5, 5.41) is 10.8. The Morgan fingerprint density at radius 3 is 2.48 bits per heavy atom. The minimum Gasteiger partial charge on any atom is -0.389 e. The van der Waals surface area contributed by atoms with Crippen molar-refractivity contribution in [1.29, 1.82) is 0 Å². The molecule has 0 spiro atoms. The monoisotopic (exact) mass is 338 g/mol. The maximum absolute atomic E-state index is 11.2. The Morgan fingerprint density at radius 2 is 1.96 bits per heavy atom. The fourth-order valence-electron chi connectivity index (χ4n) is 3.48. The van der Waals surface area contributed by atoms with Crippen molar-refractivity contribution in [2.75, 3.05) is 19.6 Å². The van der Waals surface area contributed by atoms with Crippen LogP contribution in [0.1, 0.15) is 43.5 Å². The van der Waals surface area contributed by atoms with E-state index in [2.05, 4.69) is 4.90 Å². The van der Waals surface area contributed by atoms with Crippen molar-refractivity contribution in [3.8, 4) is 0 Å². The standard InChI is InChI=1S/C18H27ClN2O2/c1-2-15(12-17(20)22)18(23)8-10-21(11-9-18)13-16(19)14-6-4-3-5-7-14/h3-7,15-16,23H,2,8-13H2,1H3,(H2,20,22). The van der Waals surface area contributed by atoms with E-state index in [-0.39, 0.29) is 23.6 Å². The number of piperidine rings is 1. The SMILES string of the molecule is CCC(CC(N)=O)C1(O)CCN(CC(Cl)c2ccccc2)CC1. The van der Waals surface area contributed by atoms with Crippen molar-refractivity contribution in [2.24, 2.45) is 11.7 Å². The van der Waals surface area contributed by atoms with Gasteiger partial charge in [0.05, 0.1) is 11.0 Å². The van der Waals surface area contributed by atoms with Crippen LogP contribution in [0, 0.1) is 5.92 Å². The summed E-state index contributed by atoms with van der Waals surface area (Å²) in [6.45, 7) is 4.36. The molecule has 1 aromatic carbocycles. The molecule has 2 atom stereocenters. The zero-order valence-electron chi connectivity index (χ0n) is 13.7. The predicted molar refractivity (Wildman–Crippen MR) is 93.3 cm³/mol. The first-order chi connectivity index (χ1) is 10.9. The molecule has 23 heavy (non-hydrogen) atoms. The molecule has 2 rings (SSSR count). The Bertz CT molecular complexity index is 501. The lowest BCUT2D eigenvalue weighted by Gasteiger charge is -2.43. The number of hydrogen-bond acceptors (Lipinski definition) is 3. The van der Waals surface area contributed by atoms with Crippen LogP contribution in [0.4, 0.5) is 0 Å². The molecule has 1 amide bonds. The summed E-state index contributed by atoms with van der Waals surface area (Å²) in [6, 6.07) is 10.1. The number of alkyl halides is 1. The van der Waals surface area contributed by atoms with Crippen molar-refractivity contribution >= 4 is 17.5 Å². The summed E-state index contributed by atoms with van der Waals surface area (Å²) >= 11 is 6.50. The van der Waals surface area contributed by atoms with E-state index in [1.165, 1.54) is 0 Å². The summed E-state index contributed by atoms with van der Waals surface area (Å²) in [7, 11) is 0. The highest BCUT2D eigenvalue weighted by Crippen LogP contribution is 2.35. The molecular weight excluding hydrogens is 312 g/mol. The fraction of sp³-hybridized carbons (Fsp3) is 0.611. The molecule has 5 heteroatoms. The van der Waals surface area contributed by atoms with Crippen molar-refractivity contribution in [2.45, 2.75) is 43.6 Å². The van der Waals surface area contributed by atoms with Gasteiger partial charge in [-0.05, 0) is 24.3 Å². The lowest BCUT2D eigenvalue weighted by Crippen LogP contribution is -2.50. The Kier molecular flexibility index (Phi) is 6.45. The van der Waals surface area contributed by atoms with Gasteiger partial charge in [0.15, 0.2) is 0 Å². The van der Waals surface area contributed by atoms with Gasteiger partial charge in [-0.2, -0.15) is 0 Å². The lowest BCUT2D eigenvalue weighted by atomic mass is 9.76. The van der Waals surface area contributed by atoms with Gasteiger partial charge >= 0.3 is 0 Å². The molecule has 2 unspecified atom stereocenters. The van der Waals surface area contributed by atoms with Gasteiger partial charge < -0.3 is 15.7 Å². The number of hydrogen-bond donors (Lipinski definition) is 2. The van der Waals surface area contributed by atoms with Crippen LogP contribution in [0.5, 0.6) is 0 Å². The fourth-order valence-corrected chi connectivity index (χ4v) is 3.82. The van der Waals surface area contributed by atoms with Crippen LogP contribution in [-0.2, 0) is 4.79 Å². The maximum Gasteiger partial charge on any atom is 0.217 e.